The molecule has 0 fully saturated rings. The third-order valence-corrected chi connectivity index (χ3v) is 6.65. The predicted molar refractivity (Wildman–Crippen MR) is 141 cm³/mol. The molecule has 0 spiro atoms. The molecule has 34 heavy (non-hydrogen) atoms. The first-order valence-electron chi connectivity index (χ1n) is 11.4. The zero-order valence-corrected chi connectivity index (χ0v) is 20.8. The Balaban J connectivity index is 1.59. The van der Waals surface area contributed by atoms with Crippen LogP contribution in [-0.2, 0) is 16.6 Å². The van der Waals surface area contributed by atoms with E-state index in [9.17, 15) is 9.59 Å². The van der Waals surface area contributed by atoms with E-state index in [4.69, 9.17) is 4.98 Å². The molecule has 174 valence electrons. The third-order valence-electron chi connectivity index (χ3n) is 5.71. The van der Waals surface area contributed by atoms with Crippen molar-refractivity contribution in [3.63, 3.8) is 0 Å². The maximum absolute atomic E-state index is 13.4. The van der Waals surface area contributed by atoms with Crippen LogP contribution in [0.2, 0.25) is 0 Å². The Morgan fingerprint density at radius 2 is 1.65 bits per heavy atom. The molecule has 0 bridgehead atoms. The van der Waals surface area contributed by atoms with E-state index in [1.165, 1.54) is 22.9 Å². The van der Waals surface area contributed by atoms with Crippen LogP contribution in [0, 0.1) is 0 Å². The van der Waals surface area contributed by atoms with Crippen molar-refractivity contribution in [2.24, 2.45) is 0 Å². The van der Waals surface area contributed by atoms with E-state index in [0.717, 1.165) is 17.8 Å². The van der Waals surface area contributed by atoms with Crippen LogP contribution >= 0.6 is 11.8 Å². The SMILES string of the molecule is CCc1ccc(-n2c(SCC(=O)Nc3ccc(C(C)(C)C)cc3)nc3ccccc3c2=O)cc1. The third kappa shape index (κ3) is 5.23. The molecule has 3 aromatic carbocycles. The van der Waals surface area contributed by atoms with Gasteiger partial charge in [-0.3, -0.25) is 14.2 Å². The van der Waals surface area contributed by atoms with Crippen molar-refractivity contribution < 1.29 is 4.79 Å². The number of carbonyl (C=O) groups is 1. The second kappa shape index (κ2) is 9.85. The van der Waals surface area contributed by atoms with Gasteiger partial charge in [-0.15, -0.1) is 0 Å². The van der Waals surface area contributed by atoms with Gasteiger partial charge in [0.2, 0.25) is 5.91 Å². The van der Waals surface area contributed by atoms with Crippen molar-refractivity contribution in [3.05, 3.63) is 94.3 Å². The summed E-state index contributed by atoms with van der Waals surface area (Å²) >= 11 is 1.26. The van der Waals surface area contributed by atoms with Gasteiger partial charge in [-0.1, -0.05) is 75.9 Å². The molecule has 0 saturated carbocycles. The maximum Gasteiger partial charge on any atom is 0.266 e. The normalized spacial score (nSPS) is 11.5. The summed E-state index contributed by atoms with van der Waals surface area (Å²) in [5.74, 6) is -0.0115. The van der Waals surface area contributed by atoms with Gasteiger partial charge < -0.3 is 5.32 Å². The largest absolute Gasteiger partial charge is 0.325 e. The smallest absolute Gasteiger partial charge is 0.266 e. The van der Waals surface area contributed by atoms with Gasteiger partial charge >= 0.3 is 0 Å². The second-order valence-electron chi connectivity index (χ2n) is 9.24. The summed E-state index contributed by atoms with van der Waals surface area (Å²) in [7, 11) is 0. The fourth-order valence-corrected chi connectivity index (χ4v) is 4.51. The molecule has 4 aromatic rings. The molecule has 4 rings (SSSR count). The number of fused-ring (bicyclic) bond motifs is 1. The summed E-state index contributed by atoms with van der Waals surface area (Å²) in [6, 6.07) is 23.1. The van der Waals surface area contributed by atoms with Crippen LogP contribution in [-0.4, -0.2) is 21.2 Å². The van der Waals surface area contributed by atoms with E-state index in [-0.39, 0.29) is 22.6 Å². The highest BCUT2D eigenvalue weighted by molar-refractivity contribution is 7.99. The van der Waals surface area contributed by atoms with Crippen LogP contribution in [0.3, 0.4) is 0 Å². The van der Waals surface area contributed by atoms with Crippen molar-refractivity contribution in [2.75, 3.05) is 11.1 Å². The van der Waals surface area contributed by atoms with Crippen LogP contribution in [0.1, 0.15) is 38.8 Å². The minimum Gasteiger partial charge on any atom is -0.325 e. The number of thioether (sulfide) groups is 1. The molecule has 0 unspecified atom stereocenters. The molecule has 0 atom stereocenters. The van der Waals surface area contributed by atoms with Gasteiger partial charge in [-0.05, 0) is 59.4 Å². The number of nitrogens with one attached hydrogen (secondary N) is 1. The predicted octanol–water partition coefficient (Wildman–Crippen LogP) is 5.98. The Morgan fingerprint density at radius 3 is 2.29 bits per heavy atom. The number of aryl methyl sites for hydroxylation is 1. The molecule has 0 aliphatic heterocycles. The number of anilines is 1. The summed E-state index contributed by atoms with van der Waals surface area (Å²) in [6.45, 7) is 8.56. The Kier molecular flexibility index (Phi) is 6.89. The molecule has 1 heterocycles. The van der Waals surface area contributed by atoms with Gasteiger partial charge in [-0.2, -0.15) is 0 Å². The van der Waals surface area contributed by atoms with Crippen molar-refractivity contribution in [1.29, 1.82) is 0 Å². The highest BCUT2D eigenvalue weighted by Gasteiger charge is 2.16. The highest BCUT2D eigenvalue weighted by atomic mass is 32.2. The summed E-state index contributed by atoms with van der Waals surface area (Å²) in [6.07, 6.45) is 0.920. The monoisotopic (exact) mass is 471 g/mol. The first-order chi connectivity index (χ1) is 16.3. The fourth-order valence-electron chi connectivity index (χ4n) is 3.70. The Hall–Kier alpha value is -3.38. The fraction of sp³-hybridized carbons (Fsp3) is 0.250. The first-order valence-corrected chi connectivity index (χ1v) is 12.4. The average molecular weight is 472 g/mol. The molecule has 0 radical (unpaired) electrons. The number of nitrogens with zero attached hydrogens (tertiary/aromatic N) is 2. The number of hydrogen-bond donors (Lipinski definition) is 1. The summed E-state index contributed by atoms with van der Waals surface area (Å²) in [5, 5.41) is 3.98. The second-order valence-corrected chi connectivity index (χ2v) is 10.2. The summed E-state index contributed by atoms with van der Waals surface area (Å²) < 4.78 is 1.60. The van der Waals surface area contributed by atoms with E-state index < -0.39 is 0 Å². The van der Waals surface area contributed by atoms with Crippen LogP contribution in [0.25, 0.3) is 16.6 Å². The molecule has 0 aliphatic rings. The lowest BCUT2D eigenvalue weighted by atomic mass is 9.87. The van der Waals surface area contributed by atoms with Crippen LogP contribution in [0.5, 0.6) is 0 Å². The van der Waals surface area contributed by atoms with Gasteiger partial charge in [0.15, 0.2) is 5.16 Å². The lowest BCUT2D eigenvalue weighted by Gasteiger charge is -2.19. The summed E-state index contributed by atoms with van der Waals surface area (Å²) in [4.78, 5) is 30.8. The van der Waals surface area contributed by atoms with Crippen LogP contribution in [0.15, 0.2) is 82.7 Å². The van der Waals surface area contributed by atoms with Gasteiger partial charge in [0.05, 0.1) is 22.3 Å². The molecule has 5 nitrogen and oxygen atoms in total. The molecule has 1 aromatic heterocycles. The number of benzene rings is 3. The maximum atomic E-state index is 13.4. The van der Waals surface area contributed by atoms with E-state index in [0.29, 0.717) is 16.1 Å². The highest BCUT2D eigenvalue weighted by Crippen LogP contribution is 2.25. The lowest BCUT2D eigenvalue weighted by molar-refractivity contribution is -0.113. The van der Waals surface area contributed by atoms with Crippen molar-refractivity contribution >= 4 is 34.3 Å². The molecule has 1 amide bonds. The Labute approximate surface area is 204 Å². The Bertz CT molecular complexity index is 1370. The molecule has 0 aliphatic carbocycles. The van der Waals surface area contributed by atoms with Gasteiger partial charge in [-0.25, -0.2) is 4.98 Å². The minimum atomic E-state index is -0.149. The quantitative estimate of drug-likeness (QED) is 0.278. The number of carbonyl (C=O) groups excluding carboxylic acids is 1. The van der Waals surface area contributed by atoms with Gasteiger partial charge in [0.1, 0.15) is 0 Å². The molecule has 6 heteroatoms. The van der Waals surface area contributed by atoms with Crippen LogP contribution in [0.4, 0.5) is 5.69 Å². The summed E-state index contributed by atoms with van der Waals surface area (Å²) in [5.41, 5.74) is 4.41. The number of rotatable bonds is 6. The molecular formula is C28H29N3O2S. The molecule has 1 N–H and O–H groups in total. The van der Waals surface area contributed by atoms with E-state index in [1.54, 1.807) is 10.6 Å². The van der Waals surface area contributed by atoms with Crippen molar-refractivity contribution in [1.82, 2.24) is 9.55 Å². The van der Waals surface area contributed by atoms with Crippen molar-refractivity contribution in [3.8, 4) is 5.69 Å². The molecule has 0 saturated heterocycles. The van der Waals surface area contributed by atoms with Crippen molar-refractivity contribution in [2.45, 2.75) is 44.7 Å². The van der Waals surface area contributed by atoms with Gasteiger partial charge in [0.25, 0.3) is 5.56 Å². The van der Waals surface area contributed by atoms with Gasteiger partial charge in [0, 0.05) is 5.69 Å². The first kappa shape index (κ1) is 23.8. The standard InChI is InChI=1S/C28H29N3O2S/c1-5-19-10-16-22(17-11-19)31-26(33)23-8-6-7-9-24(23)30-27(31)34-18-25(32)29-21-14-12-20(13-15-21)28(2,3)4/h6-17H,5,18H2,1-4H3,(H,29,32). The van der Waals surface area contributed by atoms with E-state index >= 15 is 0 Å². The zero-order chi connectivity index (χ0) is 24.3. The average Bonchev–Trinajstić information content (AvgIpc) is 2.83. The van der Waals surface area contributed by atoms with E-state index in [1.807, 2.05) is 66.7 Å². The van der Waals surface area contributed by atoms with E-state index in [2.05, 4.69) is 33.0 Å². The van der Waals surface area contributed by atoms with Crippen LogP contribution < -0.4 is 10.9 Å². The topological polar surface area (TPSA) is 64.0 Å². The number of para-hydroxylation sites is 1. The molecular weight excluding hydrogens is 442 g/mol. The minimum absolute atomic E-state index is 0.0547. The number of aromatic nitrogens is 2. The number of amides is 1. The number of hydrogen-bond acceptors (Lipinski definition) is 4. The lowest BCUT2D eigenvalue weighted by Crippen LogP contribution is -2.23. The Morgan fingerprint density at radius 1 is 0.971 bits per heavy atom. The zero-order valence-electron chi connectivity index (χ0n) is 20.0.